The molecule has 0 atom stereocenters. The predicted octanol–water partition coefficient (Wildman–Crippen LogP) is 2.86. The summed E-state index contributed by atoms with van der Waals surface area (Å²) in [6, 6.07) is 8.48. The fourth-order valence-corrected chi connectivity index (χ4v) is 4.77. The third kappa shape index (κ3) is 3.67. The van der Waals surface area contributed by atoms with Gasteiger partial charge in [-0.1, -0.05) is 18.9 Å². The molecule has 1 aromatic heterocycles. The topological polar surface area (TPSA) is 95.3 Å². The van der Waals surface area contributed by atoms with E-state index < -0.39 is 15.4 Å². The molecule has 0 unspecified atom stereocenters. The summed E-state index contributed by atoms with van der Waals surface area (Å²) in [5, 5.41) is -0.180. The summed E-state index contributed by atoms with van der Waals surface area (Å²) in [5.41, 5.74) is 0.102. The van der Waals surface area contributed by atoms with Crippen molar-refractivity contribution in [2.75, 3.05) is 27.3 Å². The molecule has 0 N–H and O–H groups in total. The van der Waals surface area contributed by atoms with Crippen molar-refractivity contribution in [3.63, 3.8) is 0 Å². The Morgan fingerprint density at radius 3 is 2.47 bits per heavy atom. The van der Waals surface area contributed by atoms with Gasteiger partial charge in [-0.05, 0) is 42.7 Å². The van der Waals surface area contributed by atoms with Crippen molar-refractivity contribution >= 4 is 16.0 Å². The molecule has 1 saturated carbocycles. The van der Waals surface area contributed by atoms with Crippen molar-refractivity contribution in [3.8, 4) is 11.5 Å². The van der Waals surface area contributed by atoms with E-state index in [0.29, 0.717) is 37.6 Å². The molecule has 1 aliphatic carbocycles. The third-order valence-corrected chi connectivity index (χ3v) is 7.35. The lowest BCUT2D eigenvalue weighted by Crippen LogP contribution is -2.34. The molecule has 162 valence electrons. The fraction of sp³-hybridized carbons (Fsp3) is 0.476. The molecule has 1 aliphatic heterocycles. The number of nitrogens with zero attached hydrogens (tertiary/aromatic N) is 1. The number of esters is 1. The summed E-state index contributed by atoms with van der Waals surface area (Å²) >= 11 is 0. The van der Waals surface area contributed by atoms with Crippen LogP contribution in [0.15, 0.2) is 39.8 Å². The Morgan fingerprint density at radius 2 is 1.77 bits per heavy atom. The van der Waals surface area contributed by atoms with Gasteiger partial charge in [-0.15, -0.1) is 0 Å². The maximum Gasteiger partial charge on any atom is 0.317 e. The molecule has 8 nitrogen and oxygen atoms in total. The van der Waals surface area contributed by atoms with Crippen LogP contribution in [0.3, 0.4) is 0 Å². The summed E-state index contributed by atoms with van der Waals surface area (Å²) < 4.78 is 47.6. The second-order valence-electron chi connectivity index (χ2n) is 7.73. The summed E-state index contributed by atoms with van der Waals surface area (Å²) in [5.74, 6) is 1.25. The van der Waals surface area contributed by atoms with Gasteiger partial charge in [-0.25, -0.2) is 12.7 Å². The number of rotatable bonds is 6. The van der Waals surface area contributed by atoms with Crippen molar-refractivity contribution in [2.45, 2.75) is 42.8 Å². The predicted molar refractivity (Wildman–Crippen MR) is 107 cm³/mol. The van der Waals surface area contributed by atoms with Gasteiger partial charge in [0.1, 0.15) is 25.6 Å². The van der Waals surface area contributed by atoms with E-state index in [9.17, 15) is 13.2 Å². The number of benzene rings is 1. The third-order valence-electron chi connectivity index (χ3n) is 5.66. The molecule has 2 aliphatic rings. The van der Waals surface area contributed by atoms with E-state index in [1.54, 1.807) is 0 Å². The Labute approximate surface area is 175 Å². The first-order valence-electron chi connectivity index (χ1n) is 9.91. The number of hydrogen-bond donors (Lipinski definition) is 0. The molecule has 0 amide bonds. The van der Waals surface area contributed by atoms with Crippen LogP contribution in [0, 0.1) is 0 Å². The van der Waals surface area contributed by atoms with Crippen LogP contribution in [-0.4, -0.2) is 46.0 Å². The van der Waals surface area contributed by atoms with E-state index in [1.807, 2.05) is 18.2 Å². The maximum absolute atomic E-state index is 13.2. The van der Waals surface area contributed by atoms with Gasteiger partial charge in [-0.2, -0.15) is 0 Å². The number of fused-ring (bicyclic) bond motifs is 1. The van der Waals surface area contributed by atoms with Gasteiger partial charge in [0.05, 0.1) is 5.41 Å². The highest BCUT2D eigenvalue weighted by Gasteiger charge is 2.45. The molecule has 1 fully saturated rings. The summed E-state index contributed by atoms with van der Waals surface area (Å²) in [6.07, 6.45) is 3.22. The Balaban J connectivity index is 1.52. The monoisotopic (exact) mass is 435 g/mol. The fourth-order valence-electron chi connectivity index (χ4n) is 3.96. The second-order valence-corrected chi connectivity index (χ2v) is 9.81. The Morgan fingerprint density at radius 1 is 1.07 bits per heavy atom. The van der Waals surface area contributed by atoms with E-state index in [2.05, 4.69) is 0 Å². The molecule has 2 heterocycles. The van der Waals surface area contributed by atoms with Crippen LogP contribution in [0.5, 0.6) is 11.5 Å². The molecular formula is C21H25NO7S. The molecule has 1 aromatic carbocycles. The minimum atomic E-state index is -3.67. The number of carbonyl (C=O) groups is 1. The first-order valence-corrected chi connectivity index (χ1v) is 11.4. The Kier molecular flexibility index (Phi) is 5.50. The van der Waals surface area contributed by atoms with Crippen LogP contribution >= 0.6 is 0 Å². The Bertz CT molecular complexity index is 1040. The second kappa shape index (κ2) is 7.96. The van der Waals surface area contributed by atoms with Gasteiger partial charge < -0.3 is 18.6 Å². The molecule has 0 saturated heterocycles. The lowest BCUT2D eigenvalue weighted by atomic mass is 9.78. The van der Waals surface area contributed by atoms with E-state index in [4.69, 9.17) is 18.6 Å². The molecule has 4 rings (SSSR count). The summed E-state index contributed by atoms with van der Waals surface area (Å²) in [6.45, 7) is 0.854. The molecule has 9 heteroatoms. The molecule has 30 heavy (non-hydrogen) atoms. The van der Waals surface area contributed by atoms with E-state index in [-0.39, 0.29) is 23.4 Å². The van der Waals surface area contributed by atoms with Crippen LogP contribution in [0.25, 0.3) is 0 Å². The standard InChI is InChI=1S/C21H25NO7S/c1-22(2)30(24,25)19-8-6-16(29-19)14-28-20(23)21(9-3-4-10-21)15-5-7-17-18(13-15)27-12-11-26-17/h5-8,13H,3-4,9-12,14H2,1-2H3. The normalized spacial score (nSPS) is 17.8. The largest absolute Gasteiger partial charge is 0.486 e. The van der Waals surface area contributed by atoms with Crippen molar-refractivity contribution < 1.29 is 31.8 Å². The Hall–Kier alpha value is -2.52. The quantitative estimate of drug-likeness (QED) is 0.644. The minimum Gasteiger partial charge on any atom is -0.486 e. The minimum absolute atomic E-state index is 0.131. The van der Waals surface area contributed by atoms with E-state index >= 15 is 0 Å². The zero-order valence-corrected chi connectivity index (χ0v) is 17.9. The van der Waals surface area contributed by atoms with Crippen molar-refractivity contribution in [3.05, 3.63) is 41.7 Å². The van der Waals surface area contributed by atoms with Crippen LogP contribution in [-0.2, 0) is 31.6 Å². The van der Waals surface area contributed by atoms with Gasteiger partial charge in [0, 0.05) is 14.1 Å². The summed E-state index contributed by atoms with van der Waals surface area (Å²) in [4.78, 5) is 13.2. The smallest absolute Gasteiger partial charge is 0.317 e. The lowest BCUT2D eigenvalue weighted by molar-refractivity contribution is -0.152. The van der Waals surface area contributed by atoms with Crippen LogP contribution < -0.4 is 9.47 Å². The van der Waals surface area contributed by atoms with Crippen molar-refractivity contribution in [1.29, 1.82) is 0 Å². The molecule has 0 spiro atoms. The zero-order chi connectivity index (χ0) is 21.4. The van der Waals surface area contributed by atoms with Gasteiger partial charge in [0.2, 0.25) is 5.09 Å². The average Bonchev–Trinajstić information content (AvgIpc) is 3.42. The number of sulfonamides is 1. The van der Waals surface area contributed by atoms with Crippen molar-refractivity contribution in [1.82, 2.24) is 4.31 Å². The highest BCUT2D eigenvalue weighted by atomic mass is 32.2. The number of ether oxygens (including phenoxy) is 3. The van der Waals surface area contributed by atoms with Crippen LogP contribution in [0.4, 0.5) is 0 Å². The highest BCUT2D eigenvalue weighted by molar-refractivity contribution is 7.88. The lowest BCUT2D eigenvalue weighted by Gasteiger charge is -2.28. The molecule has 0 bridgehead atoms. The van der Waals surface area contributed by atoms with Crippen LogP contribution in [0.2, 0.25) is 0 Å². The number of hydrogen-bond acceptors (Lipinski definition) is 7. The molecule has 2 aromatic rings. The van der Waals surface area contributed by atoms with Gasteiger partial charge in [0.25, 0.3) is 10.0 Å². The average molecular weight is 435 g/mol. The van der Waals surface area contributed by atoms with Gasteiger partial charge in [0.15, 0.2) is 11.5 Å². The summed E-state index contributed by atoms with van der Waals surface area (Å²) in [7, 11) is -0.823. The van der Waals surface area contributed by atoms with E-state index in [1.165, 1.54) is 26.2 Å². The molecule has 0 radical (unpaired) electrons. The zero-order valence-electron chi connectivity index (χ0n) is 17.0. The SMILES string of the molecule is CN(C)S(=O)(=O)c1ccc(COC(=O)C2(c3ccc4c(c3)OCCO4)CCCC2)o1. The van der Waals surface area contributed by atoms with Crippen molar-refractivity contribution in [2.24, 2.45) is 0 Å². The molecular weight excluding hydrogens is 410 g/mol. The number of carbonyl (C=O) groups excluding carboxylic acids is 1. The maximum atomic E-state index is 13.2. The van der Waals surface area contributed by atoms with Gasteiger partial charge in [-0.3, -0.25) is 4.79 Å². The van der Waals surface area contributed by atoms with Crippen LogP contribution in [0.1, 0.15) is 37.0 Å². The highest BCUT2D eigenvalue weighted by Crippen LogP contribution is 2.45. The first kappa shape index (κ1) is 20.7. The van der Waals surface area contributed by atoms with Gasteiger partial charge >= 0.3 is 5.97 Å². The first-order chi connectivity index (χ1) is 14.3. The van der Waals surface area contributed by atoms with E-state index in [0.717, 1.165) is 22.7 Å². The number of furan rings is 1.